The van der Waals surface area contributed by atoms with Gasteiger partial charge in [0.05, 0.1) is 0 Å². The molecule has 0 amide bonds. The van der Waals surface area contributed by atoms with Gasteiger partial charge in [-0.3, -0.25) is 0 Å². The van der Waals surface area contributed by atoms with Crippen LogP contribution in [0.2, 0.25) is 0 Å². The molecule has 0 bridgehead atoms. The minimum absolute atomic E-state index is 0.540. The van der Waals surface area contributed by atoms with E-state index >= 15 is 0 Å². The summed E-state index contributed by atoms with van der Waals surface area (Å²) in [4.78, 5) is 0. The molecule has 0 aromatic rings. The third-order valence-electron chi connectivity index (χ3n) is 2.13. The normalized spacial score (nSPS) is 13.1. The molecule has 0 saturated carbocycles. The number of nitrogens with one attached hydrogen (secondary N) is 1. The molecule has 104 valence electrons. The lowest BCUT2D eigenvalue weighted by atomic mass is 10.4. The van der Waals surface area contributed by atoms with E-state index in [1.54, 1.807) is 0 Å². The molecule has 5 nitrogen and oxygen atoms in total. The van der Waals surface area contributed by atoms with Crippen LogP contribution in [0.1, 0.15) is 41.5 Å². The molecule has 17 heavy (non-hydrogen) atoms. The van der Waals surface area contributed by atoms with Crippen molar-refractivity contribution < 1.29 is 18.9 Å². The molecule has 5 heteroatoms. The monoisotopic (exact) mass is 249 g/mol. The Morgan fingerprint density at radius 3 is 1.06 bits per heavy atom. The zero-order chi connectivity index (χ0) is 13.4. The summed E-state index contributed by atoms with van der Waals surface area (Å²) >= 11 is 0. The molecule has 0 fully saturated rings. The lowest BCUT2D eigenvalue weighted by Gasteiger charge is -2.39. The Balaban J connectivity index is 4.65. The molecule has 0 aromatic heterocycles. The highest BCUT2D eigenvalue weighted by Gasteiger charge is 2.36. The largest absolute Gasteiger partial charge is 0.338 e. The minimum Gasteiger partial charge on any atom is -0.338 e. The van der Waals surface area contributed by atoms with Crippen LogP contribution in [0.25, 0.3) is 0 Å². The highest BCUT2D eigenvalue weighted by atomic mass is 16.8. The maximum absolute atomic E-state index is 5.56. The number of hydrogen-bond donors (Lipinski definition) is 1. The van der Waals surface area contributed by atoms with Gasteiger partial charge in [0.1, 0.15) is 0 Å². The molecule has 0 aromatic carbocycles. The first-order chi connectivity index (χ1) is 7.95. The molecule has 0 spiro atoms. The molecule has 0 saturated heterocycles. The number of ether oxygens (including phenoxy) is 4. The van der Waals surface area contributed by atoms with E-state index < -0.39 is 11.8 Å². The highest BCUT2D eigenvalue weighted by Crippen LogP contribution is 2.17. The first kappa shape index (κ1) is 16.8. The second-order valence-corrected chi connectivity index (χ2v) is 3.75. The second-order valence-electron chi connectivity index (χ2n) is 3.75. The molecule has 1 N–H and O–H groups in total. The Kier molecular flexibility index (Phi) is 7.91. The average Bonchev–Trinajstić information content (AvgIpc) is 2.17. The SMILES string of the molecule is CCOC(C)(NC(C)(OCC)OCC)OCC. The van der Waals surface area contributed by atoms with Crippen molar-refractivity contribution in [3.05, 3.63) is 0 Å². The zero-order valence-electron chi connectivity index (χ0n) is 12.0. The summed E-state index contributed by atoms with van der Waals surface area (Å²) in [6.07, 6.45) is 0. The second kappa shape index (κ2) is 8.00. The fourth-order valence-electron chi connectivity index (χ4n) is 1.74. The average molecular weight is 249 g/mol. The van der Waals surface area contributed by atoms with E-state index in [-0.39, 0.29) is 0 Å². The summed E-state index contributed by atoms with van der Waals surface area (Å²) in [5, 5.41) is 3.12. The fraction of sp³-hybridized carbons (Fsp3) is 1.00. The van der Waals surface area contributed by atoms with E-state index in [9.17, 15) is 0 Å². The lowest BCUT2D eigenvalue weighted by molar-refractivity contribution is -0.327. The molecular formula is C12H27NO4. The fourth-order valence-corrected chi connectivity index (χ4v) is 1.74. The summed E-state index contributed by atoms with van der Waals surface area (Å²) in [6.45, 7) is 13.4. The number of hydrogen-bond acceptors (Lipinski definition) is 5. The van der Waals surface area contributed by atoms with Crippen molar-refractivity contribution in [1.29, 1.82) is 0 Å². The van der Waals surface area contributed by atoms with Crippen molar-refractivity contribution in [3.8, 4) is 0 Å². The van der Waals surface area contributed by atoms with E-state index in [1.807, 2.05) is 41.5 Å². The van der Waals surface area contributed by atoms with Crippen molar-refractivity contribution >= 4 is 0 Å². The predicted molar refractivity (Wildman–Crippen MR) is 66.4 cm³/mol. The quantitative estimate of drug-likeness (QED) is 0.601. The van der Waals surface area contributed by atoms with Crippen LogP contribution >= 0.6 is 0 Å². The Hall–Kier alpha value is -0.200. The van der Waals surface area contributed by atoms with Gasteiger partial charge in [-0.1, -0.05) is 0 Å². The summed E-state index contributed by atoms with van der Waals surface area (Å²) in [5.41, 5.74) is 0. The van der Waals surface area contributed by atoms with Crippen LogP contribution < -0.4 is 5.32 Å². The summed E-state index contributed by atoms with van der Waals surface area (Å²) in [7, 11) is 0. The molecule has 0 unspecified atom stereocenters. The van der Waals surface area contributed by atoms with Crippen LogP contribution in [0, 0.1) is 0 Å². The van der Waals surface area contributed by atoms with Gasteiger partial charge in [-0.05, 0) is 27.7 Å². The van der Waals surface area contributed by atoms with E-state index in [1.165, 1.54) is 0 Å². The van der Waals surface area contributed by atoms with E-state index in [4.69, 9.17) is 18.9 Å². The van der Waals surface area contributed by atoms with Crippen molar-refractivity contribution in [3.63, 3.8) is 0 Å². The van der Waals surface area contributed by atoms with Gasteiger partial charge in [0.25, 0.3) is 0 Å². The molecule has 0 atom stereocenters. The standard InChI is InChI=1S/C12H27NO4/c1-7-14-11(5,15-8-2)13-12(6,16-9-3)17-10-4/h13H,7-10H2,1-6H3. The minimum atomic E-state index is -0.914. The maximum Gasteiger partial charge on any atom is 0.228 e. The Labute approximate surface area is 105 Å². The third kappa shape index (κ3) is 6.33. The summed E-state index contributed by atoms with van der Waals surface area (Å²) in [6, 6.07) is 0. The van der Waals surface area contributed by atoms with Crippen molar-refractivity contribution in [2.24, 2.45) is 0 Å². The van der Waals surface area contributed by atoms with Crippen LogP contribution in [0.4, 0.5) is 0 Å². The van der Waals surface area contributed by atoms with Crippen LogP contribution in [0.5, 0.6) is 0 Å². The van der Waals surface area contributed by atoms with Gasteiger partial charge in [-0.25, -0.2) is 5.32 Å². The van der Waals surface area contributed by atoms with Gasteiger partial charge < -0.3 is 18.9 Å². The Morgan fingerprint density at radius 2 is 0.882 bits per heavy atom. The lowest BCUT2D eigenvalue weighted by Crippen LogP contribution is -2.60. The van der Waals surface area contributed by atoms with Crippen LogP contribution in [0.15, 0.2) is 0 Å². The van der Waals surface area contributed by atoms with Gasteiger partial charge in [0, 0.05) is 40.3 Å². The first-order valence-electron chi connectivity index (χ1n) is 6.30. The number of rotatable bonds is 10. The molecular weight excluding hydrogens is 222 g/mol. The van der Waals surface area contributed by atoms with Gasteiger partial charge >= 0.3 is 0 Å². The van der Waals surface area contributed by atoms with Gasteiger partial charge in [-0.2, -0.15) is 0 Å². The third-order valence-corrected chi connectivity index (χ3v) is 2.13. The van der Waals surface area contributed by atoms with Crippen LogP contribution in [0.3, 0.4) is 0 Å². The molecule has 0 aliphatic carbocycles. The van der Waals surface area contributed by atoms with E-state index in [0.29, 0.717) is 26.4 Å². The van der Waals surface area contributed by atoms with Gasteiger partial charge in [0.15, 0.2) is 0 Å². The Morgan fingerprint density at radius 1 is 0.647 bits per heavy atom. The van der Waals surface area contributed by atoms with E-state index in [2.05, 4.69) is 5.32 Å². The van der Waals surface area contributed by atoms with E-state index in [0.717, 1.165) is 0 Å². The van der Waals surface area contributed by atoms with Crippen LogP contribution in [-0.4, -0.2) is 38.2 Å². The predicted octanol–water partition coefficient (Wildman–Crippen LogP) is 2.07. The topological polar surface area (TPSA) is 49.0 Å². The smallest absolute Gasteiger partial charge is 0.228 e. The van der Waals surface area contributed by atoms with Gasteiger partial charge in [0.2, 0.25) is 11.8 Å². The molecule has 0 aliphatic rings. The van der Waals surface area contributed by atoms with Crippen LogP contribution in [-0.2, 0) is 18.9 Å². The first-order valence-corrected chi connectivity index (χ1v) is 6.30. The molecule has 0 aliphatic heterocycles. The van der Waals surface area contributed by atoms with Crippen molar-refractivity contribution in [2.45, 2.75) is 53.4 Å². The maximum atomic E-state index is 5.56. The summed E-state index contributed by atoms with van der Waals surface area (Å²) in [5.74, 6) is -1.83. The molecule has 0 radical (unpaired) electrons. The zero-order valence-corrected chi connectivity index (χ0v) is 12.0. The molecule has 0 heterocycles. The van der Waals surface area contributed by atoms with Crippen molar-refractivity contribution in [1.82, 2.24) is 5.32 Å². The molecule has 0 rings (SSSR count). The van der Waals surface area contributed by atoms with Crippen molar-refractivity contribution in [2.75, 3.05) is 26.4 Å². The summed E-state index contributed by atoms with van der Waals surface area (Å²) < 4.78 is 22.3. The Bertz CT molecular complexity index is 167. The highest BCUT2D eigenvalue weighted by molar-refractivity contribution is 4.68. The van der Waals surface area contributed by atoms with Gasteiger partial charge in [-0.15, -0.1) is 0 Å².